The highest BCUT2D eigenvalue weighted by atomic mass is 16.7. The van der Waals surface area contributed by atoms with Crippen LogP contribution >= 0.6 is 0 Å². The van der Waals surface area contributed by atoms with Gasteiger partial charge in [0.05, 0.1) is 12.7 Å². The van der Waals surface area contributed by atoms with E-state index >= 15 is 0 Å². The monoisotopic (exact) mass is 316 g/mol. The first kappa shape index (κ1) is 17.8. The molecule has 0 aromatic rings. The summed E-state index contributed by atoms with van der Waals surface area (Å²) in [7, 11) is 1.58. The maximum absolute atomic E-state index is 10.2. The summed E-state index contributed by atoms with van der Waals surface area (Å²) >= 11 is 0. The SMILES string of the molecule is C=C[C@@H](C)[C@H](OCOC)C1OC1C(O)COC1CCCCO1. The minimum Gasteiger partial charge on any atom is -0.388 e. The second kappa shape index (κ2) is 8.96. The summed E-state index contributed by atoms with van der Waals surface area (Å²) in [5.41, 5.74) is 0. The van der Waals surface area contributed by atoms with Gasteiger partial charge in [0.1, 0.15) is 25.1 Å². The molecule has 0 bridgehead atoms. The Bertz CT molecular complexity index is 331. The van der Waals surface area contributed by atoms with Gasteiger partial charge in [0.15, 0.2) is 6.29 Å². The van der Waals surface area contributed by atoms with Crippen LogP contribution in [-0.2, 0) is 23.7 Å². The van der Waals surface area contributed by atoms with Crippen LogP contribution in [-0.4, -0.2) is 62.9 Å². The van der Waals surface area contributed by atoms with Crippen molar-refractivity contribution in [3.05, 3.63) is 12.7 Å². The molecular formula is C16H28O6. The van der Waals surface area contributed by atoms with Crippen molar-refractivity contribution in [3.8, 4) is 0 Å². The van der Waals surface area contributed by atoms with Gasteiger partial charge in [-0.1, -0.05) is 13.0 Å². The molecule has 1 N–H and O–H groups in total. The molecule has 0 radical (unpaired) electrons. The van der Waals surface area contributed by atoms with Crippen molar-refractivity contribution < 1.29 is 28.8 Å². The number of aliphatic hydroxyl groups is 1. The molecule has 0 spiro atoms. The molecule has 4 unspecified atom stereocenters. The van der Waals surface area contributed by atoms with Crippen molar-refractivity contribution in [2.24, 2.45) is 5.92 Å². The summed E-state index contributed by atoms with van der Waals surface area (Å²) in [6, 6.07) is 0. The topological polar surface area (TPSA) is 69.7 Å². The summed E-state index contributed by atoms with van der Waals surface area (Å²) in [5, 5.41) is 10.2. The summed E-state index contributed by atoms with van der Waals surface area (Å²) in [4.78, 5) is 0. The lowest BCUT2D eigenvalue weighted by molar-refractivity contribution is -0.176. The lowest BCUT2D eigenvalue weighted by Crippen LogP contribution is -2.34. The van der Waals surface area contributed by atoms with Gasteiger partial charge < -0.3 is 28.8 Å². The lowest BCUT2D eigenvalue weighted by Gasteiger charge is -2.24. The average molecular weight is 316 g/mol. The fraction of sp³-hybridized carbons (Fsp3) is 0.875. The van der Waals surface area contributed by atoms with Crippen LogP contribution in [0, 0.1) is 5.92 Å². The molecule has 2 saturated heterocycles. The Balaban J connectivity index is 1.74. The minimum absolute atomic E-state index is 0.111. The van der Waals surface area contributed by atoms with Gasteiger partial charge in [-0.15, -0.1) is 6.58 Å². The van der Waals surface area contributed by atoms with Crippen molar-refractivity contribution in [2.45, 2.75) is 56.9 Å². The molecule has 128 valence electrons. The third-order valence-corrected chi connectivity index (χ3v) is 4.12. The molecule has 6 nitrogen and oxygen atoms in total. The first-order chi connectivity index (χ1) is 10.7. The van der Waals surface area contributed by atoms with E-state index in [9.17, 15) is 5.11 Å². The molecule has 2 fully saturated rings. The first-order valence-corrected chi connectivity index (χ1v) is 7.97. The predicted octanol–water partition coefficient (Wildman–Crippen LogP) is 1.47. The maximum Gasteiger partial charge on any atom is 0.157 e. The molecule has 2 heterocycles. The van der Waals surface area contributed by atoms with Crippen LogP contribution in [0.4, 0.5) is 0 Å². The molecule has 0 amide bonds. The number of methoxy groups -OCH3 is 1. The van der Waals surface area contributed by atoms with E-state index < -0.39 is 6.10 Å². The van der Waals surface area contributed by atoms with E-state index in [4.69, 9.17) is 23.7 Å². The normalized spacial score (nSPS) is 32.2. The Morgan fingerprint density at radius 1 is 1.36 bits per heavy atom. The van der Waals surface area contributed by atoms with Crippen LogP contribution in [0.5, 0.6) is 0 Å². The molecule has 0 aliphatic carbocycles. The standard InChI is InChI=1S/C16H28O6/c1-4-11(2)14(21-10-18-3)16-15(22-16)12(17)9-20-13-7-5-6-8-19-13/h4,11-17H,1,5-10H2,2-3H3/t11-,12?,13?,14+,15?,16?/m1/s1. The van der Waals surface area contributed by atoms with E-state index in [-0.39, 0.29) is 43.9 Å². The van der Waals surface area contributed by atoms with Crippen molar-refractivity contribution in [1.29, 1.82) is 0 Å². The maximum atomic E-state index is 10.2. The molecule has 2 rings (SSSR count). The lowest BCUT2D eigenvalue weighted by atomic mass is 9.99. The zero-order valence-corrected chi connectivity index (χ0v) is 13.5. The Labute approximate surface area is 132 Å². The molecule has 2 aliphatic heterocycles. The third kappa shape index (κ3) is 5.01. The zero-order chi connectivity index (χ0) is 15.9. The van der Waals surface area contributed by atoms with Crippen LogP contribution in [0.1, 0.15) is 26.2 Å². The summed E-state index contributed by atoms with van der Waals surface area (Å²) < 4.78 is 27.3. The average Bonchev–Trinajstić information content (AvgIpc) is 3.34. The molecule has 0 saturated carbocycles. The van der Waals surface area contributed by atoms with E-state index in [1.807, 2.05) is 13.0 Å². The first-order valence-electron chi connectivity index (χ1n) is 7.97. The highest BCUT2D eigenvalue weighted by molar-refractivity contribution is 5.00. The highest BCUT2D eigenvalue weighted by Crippen LogP contribution is 2.34. The van der Waals surface area contributed by atoms with Gasteiger partial charge in [0.2, 0.25) is 0 Å². The number of ether oxygens (including phenoxy) is 5. The fourth-order valence-corrected chi connectivity index (χ4v) is 2.68. The van der Waals surface area contributed by atoms with E-state index in [1.165, 1.54) is 0 Å². The van der Waals surface area contributed by atoms with Crippen molar-refractivity contribution in [2.75, 3.05) is 27.1 Å². The van der Waals surface area contributed by atoms with E-state index in [0.29, 0.717) is 0 Å². The summed E-state index contributed by atoms with van der Waals surface area (Å²) in [5.74, 6) is 0.111. The Morgan fingerprint density at radius 2 is 2.18 bits per heavy atom. The Hall–Kier alpha value is -0.500. The smallest absolute Gasteiger partial charge is 0.157 e. The van der Waals surface area contributed by atoms with Gasteiger partial charge in [-0.2, -0.15) is 0 Å². The van der Waals surface area contributed by atoms with Crippen molar-refractivity contribution >= 4 is 0 Å². The third-order valence-electron chi connectivity index (χ3n) is 4.12. The Morgan fingerprint density at radius 3 is 2.82 bits per heavy atom. The quantitative estimate of drug-likeness (QED) is 0.374. The molecule has 22 heavy (non-hydrogen) atoms. The number of hydrogen-bond acceptors (Lipinski definition) is 6. The largest absolute Gasteiger partial charge is 0.388 e. The number of epoxide rings is 1. The van der Waals surface area contributed by atoms with E-state index in [0.717, 1.165) is 25.9 Å². The van der Waals surface area contributed by atoms with Crippen LogP contribution < -0.4 is 0 Å². The van der Waals surface area contributed by atoms with E-state index in [2.05, 4.69) is 6.58 Å². The van der Waals surface area contributed by atoms with Crippen LogP contribution in [0.3, 0.4) is 0 Å². The van der Waals surface area contributed by atoms with Crippen LogP contribution in [0.25, 0.3) is 0 Å². The number of aliphatic hydroxyl groups excluding tert-OH is 1. The van der Waals surface area contributed by atoms with Crippen LogP contribution in [0.15, 0.2) is 12.7 Å². The van der Waals surface area contributed by atoms with Gasteiger partial charge in [-0.05, 0) is 19.3 Å². The van der Waals surface area contributed by atoms with Crippen molar-refractivity contribution in [1.82, 2.24) is 0 Å². The highest BCUT2D eigenvalue weighted by Gasteiger charge is 2.51. The molecule has 6 heteroatoms. The summed E-state index contributed by atoms with van der Waals surface area (Å²) in [6.45, 7) is 6.93. The molecule has 0 aromatic carbocycles. The minimum atomic E-state index is -0.679. The van der Waals surface area contributed by atoms with Gasteiger partial charge >= 0.3 is 0 Å². The van der Waals surface area contributed by atoms with Gasteiger partial charge in [-0.3, -0.25) is 0 Å². The van der Waals surface area contributed by atoms with Gasteiger partial charge in [0, 0.05) is 19.6 Å². The van der Waals surface area contributed by atoms with Gasteiger partial charge in [-0.25, -0.2) is 0 Å². The zero-order valence-electron chi connectivity index (χ0n) is 13.5. The van der Waals surface area contributed by atoms with Crippen molar-refractivity contribution in [3.63, 3.8) is 0 Å². The van der Waals surface area contributed by atoms with Crippen LogP contribution in [0.2, 0.25) is 0 Å². The molecule has 2 aliphatic rings. The van der Waals surface area contributed by atoms with Gasteiger partial charge in [0.25, 0.3) is 0 Å². The second-order valence-electron chi connectivity index (χ2n) is 5.89. The molecule has 0 aromatic heterocycles. The molecule has 6 atom stereocenters. The predicted molar refractivity (Wildman–Crippen MR) is 80.3 cm³/mol. The summed E-state index contributed by atoms with van der Waals surface area (Å²) in [6.07, 6.45) is 3.40. The number of hydrogen-bond donors (Lipinski definition) is 1. The second-order valence-corrected chi connectivity index (χ2v) is 5.89. The fourth-order valence-electron chi connectivity index (χ4n) is 2.68. The molecular weight excluding hydrogens is 288 g/mol. The van der Waals surface area contributed by atoms with E-state index in [1.54, 1.807) is 7.11 Å². The Kier molecular flexibility index (Phi) is 7.27. The number of rotatable bonds is 10.